The number of anilines is 3. The highest BCUT2D eigenvalue weighted by molar-refractivity contribution is 7.97. The molecule has 2 aliphatic rings. The molecule has 3 aromatic rings. The fraction of sp³-hybridized carbons (Fsp3) is 0.452. The topological polar surface area (TPSA) is 59.9 Å². The molecule has 2 fully saturated rings. The van der Waals surface area contributed by atoms with Crippen LogP contribution in [-0.4, -0.2) is 64.9 Å². The molecule has 0 radical (unpaired) electrons. The summed E-state index contributed by atoms with van der Waals surface area (Å²) >= 11 is 1.73. The number of hydrogen-bond acceptors (Lipinski definition) is 8. The molecule has 7 nitrogen and oxygen atoms in total. The third kappa shape index (κ3) is 6.74. The molecule has 42 heavy (non-hydrogen) atoms. The maximum Gasteiger partial charge on any atom is 0.227 e. The second kappa shape index (κ2) is 13.0. The largest absolute Gasteiger partial charge is 0.368 e. The van der Waals surface area contributed by atoms with Gasteiger partial charge in [0.25, 0.3) is 0 Å². The Hall–Kier alpha value is -3.15. The van der Waals surface area contributed by atoms with E-state index in [1.807, 2.05) is 49.9 Å². The number of nitrogens with one attached hydrogen (secondary N) is 1. The quantitative estimate of drug-likeness (QED) is 0.153. The van der Waals surface area contributed by atoms with Crippen molar-refractivity contribution < 1.29 is 13.3 Å². The first-order valence-corrected chi connectivity index (χ1v) is 15.3. The number of benzene rings is 2. The number of aromatic nitrogens is 2. The summed E-state index contributed by atoms with van der Waals surface area (Å²) in [6, 6.07) is 10.9. The Morgan fingerprint density at radius 3 is 2.33 bits per heavy atom. The van der Waals surface area contributed by atoms with E-state index >= 15 is 4.39 Å². The van der Waals surface area contributed by atoms with Crippen molar-refractivity contribution in [1.29, 1.82) is 0 Å². The van der Waals surface area contributed by atoms with E-state index in [1.54, 1.807) is 18.0 Å². The van der Waals surface area contributed by atoms with E-state index in [1.165, 1.54) is 6.07 Å². The molecule has 2 saturated heterocycles. The monoisotopic (exact) mass is 597 g/mol. The lowest BCUT2D eigenvalue weighted by Crippen LogP contribution is -2.43. The van der Waals surface area contributed by atoms with Crippen LogP contribution in [0.2, 0.25) is 0 Å². The van der Waals surface area contributed by atoms with Crippen molar-refractivity contribution in [3.05, 3.63) is 54.2 Å². The van der Waals surface area contributed by atoms with Gasteiger partial charge in [0.2, 0.25) is 5.95 Å². The van der Waals surface area contributed by atoms with Crippen molar-refractivity contribution in [2.75, 3.05) is 42.9 Å². The molecule has 11 heteroatoms. The molecule has 2 aliphatic heterocycles. The molecule has 0 unspecified atom stereocenters. The number of aliphatic imine (C=N–C) groups is 1. The number of halogens is 3. The van der Waals surface area contributed by atoms with Crippen LogP contribution in [0.25, 0.3) is 11.3 Å². The van der Waals surface area contributed by atoms with Gasteiger partial charge in [-0.2, -0.15) is 0 Å². The Labute approximate surface area is 250 Å². The Morgan fingerprint density at radius 1 is 1.05 bits per heavy atom. The minimum Gasteiger partial charge on any atom is -0.368 e. The summed E-state index contributed by atoms with van der Waals surface area (Å²) in [7, 11) is 0. The van der Waals surface area contributed by atoms with Crippen LogP contribution in [0.4, 0.5) is 36.3 Å². The molecule has 0 atom stereocenters. The zero-order valence-electron chi connectivity index (χ0n) is 24.4. The number of piperidine rings is 2. The van der Waals surface area contributed by atoms with E-state index in [-0.39, 0.29) is 23.4 Å². The maximum absolute atomic E-state index is 15.1. The summed E-state index contributed by atoms with van der Waals surface area (Å²) in [6.07, 6.45) is 5.18. The Bertz CT molecular complexity index is 1380. The van der Waals surface area contributed by atoms with Crippen molar-refractivity contribution in [3.63, 3.8) is 0 Å². The summed E-state index contributed by atoms with van der Waals surface area (Å²) in [5.41, 5.74) is 2.00. The number of rotatable bonds is 9. The summed E-state index contributed by atoms with van der Waals surface area (Å²) in [6.45, 7) is 13.2. The molecular weight excluding hydrogens is 559 g/mol. The molecule has 0 bridgehead atoms. The molecule has 1 N–H and O–H groups in total. The van der Waals surface area contributed by atoms with Crippen molar-refractivity contribution in [3.8, 4) is 11.3 Å². The smallest absolute Gasteiger partial charge is 0.227 e. The van der Waals surface area contributed by atoms with Gasteiger partial charge in [0.15, 0.2) is 11.6 Å². The van der Waals surface area contributed by atoms with E-state index in [0.29, 0.717) is 36.3 Å². The zero-order chi connectivity index (χ0) is 29.9. The van der Waals surface area contributed by atoms with Gasteiger partial charge in [-0.05, 0) is 107 Å². The van der Waals surface area contributed by atoms with Crippen LogP contribution in [0.3, 0.4) is 0 Å². The van der Waals surface area contributed by atoms with E-state index in [9.17, 15) is 8.87 Å². The van der Waals surface area contributed by atoms with Crippen LogP contribution in [0.5, 0.6) is 0 Å². The number of hydrogen-bond donors (Lipinski definition) is 1. The molecular formula is C31H38F3N7S. The molecule has 5 rings (SSSR count). The lowest BCUT2D eigenvalue weighted by Gasteiger charge is -2.44. The minimum absolute atomic E-state index is 0.00435. The fourth-order valence-electron chi connectivity index (χ4n) is 5.92. The summed E-state index contributed by atoms with van der Waals surface area (Å²) in [5.74, 6) is -1.04. The van der Waals surface area contributed by atoms with Crippen LogP contribution in [0.1, 0.15) is 46.5 Å². The van der Waals surface area contributed by atoms with Gasteiger partial charge in [0, 0.05) is 54.9 Å². The summed E-state index contributed by atoms with van der Waals surface area (Å²) in [4.78, 5) is 15.5. The predicted molar refractivity (Wildman–Crippen MR) is 165 cm³/mol. The second-order valence-corrected chi connectivity index (χ2v) is 12.5. The lowest BCUT2D eigenvalue weighted by molar-refractivity contribution is -0.0480. The molecule has 0 saturated carbocycles. The third-order valence-corrected chi connectivity index (χ3v) is 9.50. The Balaban J connectivity index is 1.27. The van der Waals surface area contributed by atoms with Crippen LogP contribution in [-0.2, 0) is 0 Å². The van der Waals surface area contributed by atoms with E-state index in [0.717, 1.165) is 60.7 Å². The summed E-state index contributed by atoms with van der Waals surface area (Å²) in [5, 5.41) is 4.09. The standard InChI is InChI=1S/C31H38F3N7S/c1-5-41(21(2)3)27-19-22(18-25(32)29(27)35-4)28-26(33)20-36-30(38-28)37-23-6-8-24(9-7-23)42-40-16-12-31(13-17-40)10-14-39(34)15-11-31/h6-9,18-21H,4-5,10-17H2,1-3H3,(H,36,37,38). The van der Waals surface area contributed by atoms with Crippen LogP contribution in [0, 0.1) is 17.0 Å². The second-order valence-electron chi connectivity index (χ2n) is 11.3. The fourth-order valence-corrected chi connectivity index (χ4v) is 6.84. The van der Waals surface area contributed by atoms with Crippen molar-refractivity contribution in [2.45, 2.75) is 57.4 Å². The van der Waals surface area contributed by atoms with Gasteiger partial charge in [-0.15, -0.1) is 9.60 Å². The van der Waals surface area contributed by atoms with Gasteiger partial charge in [0.05, 0.1) is 11.9 Å². The highest BCUT2D eigenvalue weighted by Crippen LogP contribution is 2.43. The van der Waals surface area contributed by atoms with E-state index in [2.05, 4.69) is 31.3 Å². The van der Waals surface area contributed by atoms with Gasteiger partial charge >= 0.3 is 0 Å². The molecule has 224 valence electrons. The SMILES string of the molecule is C=Nc1c(F)cc(-c2nc(Nc3ccc(SN4CCC5(CCN(F)CC5)CC4)cc3)ncc2F)cc1N(CC)C(C)C. The predicted octanol–water partition coefficient (Wildman–Crippen LogP) is 7.80. The van der Waals surface area contributed by atoms with E-state index < -0.39 is 11.6 Å². The lowest BCUT2D eigenvalue weighted by atomic mass is 9.72. The molecule has 0 amide bonds. The van der Waals surface area contributed by atoms with E-state index in [4.69, 9.17) is 0 Å². The Kier molecular flexibility index (Phi) is 9.39. The average molecular weight is 598 g/mol. The van der Waals surface area contributed by atoms with Crippen molar-refractivity contribution in [2.24, 2.45) is 10.4 Å². The van der Waals surface area contributed by atoms with Gasteiger partial charge in [-0.25, -0.2) is 23.1 Å². The van der Waals surface area contributed by atoms with Crippen LogP contribution in [0.15, 0.2) is 52.5 Å². The first-order chi connectivity index (χ1) is 20.2. The summed E-state index contributed by atoms with van der Waals surface area (Å²) < 4.78 is 45.9. The van der Waals surface area contributed by atoms with Gasteiger partial charge in [0.1, 0.15) is 11.4 Å². The van der Waals surface area contributed by atoms with Gasteiger partial charge < -0.3 is 10.2 Å². The highest BCUT2D eigenvalue weighted by Gasteiger charge is 2.37. The van der Waals surface area contributed by atoms with Gasteiger partial charge in [-0.1, -0.05) is 0 Å². The van der Waals surface area contributed by atoms with Gasteiger partial charge in [-0.3, -0.25) is 4.99 Å². The highest BCUT2D eigenvalue weighted by atomic mass is 32.2. The molecule has 3 heterocycles. The van der Waals surface area contributed by atoms with Crippen molar-refractivity contribution in [1.82, 2.24) is 19.4 Å². The maximum atomic E-state index is 15.1. The zero-order valence-corrected chi connectivity index (χ0v) is 25.2. The molecule has 0 aliphatic carbocycles. The minimum atomic E-state index is -0.650. The molecule has 1 spiro atoms. The van der Waals surface area contributed by atoms with Crippen molar-refractivity contribution >= 4 is 41.7 Å². The number of nitrogens with zero attached hydrogens (tertiary/aromatic N) is 6. The van der Waals surface area contributed by atoms with Crippen LogP contribution >= 0.6 is 11.9 Å². The van der Waals surface area contributed by atoms with Crippen LogP contribution < -0.4 is 10.2 Å². The molecule has 1 aromatic heterocycles. The Morgan fingerprint density at radius 2 is 1.71 bits per heavy atom. The third-order valence-electron chi connectivity index (χ3n) is 8.39. The normalized spacial score (nSPS) is 17.5. The first kappa shape index (κ1) is 30.3. The molecule has 2 aromatic carbocycles. The average Bonchev–Trinajstić information content (AvgIpc) is 2.98. The first-order valence-electron chi connectivity index (χ1n) is 14.5.